The maximum atomic E-state index is 5.94. The maximum Gasteiger partial charge on any atom is 0.188 e. The molecule has 1 fully saturated rings. The number of nitrogens with two attached hydrogens (primary N) is 1. The molecule has 0 aliphatic carbocycles. The van der Waals surface area contributed by atoms with E-state index in [9.17, 15) is 0 Å². The van der Waals surface area contributed by atoms with Crippen molar-refractivity contribution < 1.29 is 0 Å². The normalized spacial score (nSPS) is 19.3. The molecule has 0 radical (unpaired) electrons. The lowest BCUT2D eigenvalue weighted by molar-refractivity contribution is 0.267. The first-order valence-corrected chi connectivity index (χ1v) is 7.52. The summed E-state index contributed by atoms with van der Waals surface area (Å²) >= 11 is 0. The number of halogens is 1. The predicted octanol–water partition coefficient (Wildman–Crippen LogP) is 2.50. The highest BCUT2D eigenvalue weighted by Gasteiger charge is 2.22. The predicted molar refractivity (Wildman–Crippen MR) is 100 cm³/mol. The topological polar surface area (TPSA) is 53.6 Å². The Kier molecular flexibility index (Phi) is 8.03. The molecule has 21 heavy (non-hydrogen) atoms. The molecule has 0 amide bonds. The smallest absolute Gasteiger partial charge is 0.188 e. The minimum atomic E-state index is 0. The molecule has 1 unspecified atom stereocenters. The summed E-state index contributed by atoms with van der Waals surface area (Å²) in [5, 5.41) is 3.26. The molecule has 1 atom stereocenters. The molecule has 1 heterocycles. The van der Waals surface area contributed by atoms with Crippen molar-refractivity contribution in [2.75, 3.05) is 19.6 Å². The van der Waals surface area contributed by atoms with Crippen molar-refractivity contribution in [3.8, 4) is 0 Å². The molecule has 118 valence electrons. The fourth-order valence-corrected chi connectivity index (χ4v) is 2.81. The third-order valence-electron chi connectivity index (χ3n) is 3.94. The first-order valence-electron chi connectivity index (χ1n) is 7.52. The Balaban J connectivity index is 0.00000220. The van der Waals surface area contributed by atoms with Crippen molar-refractivity contribution in [3.05, 3.63) is 35.4 Å². The third-order valence-corrected chi connectivity index (χ3v) is 3.94. The van der Waals surface area contributed by atoms with Gasteiger partial charge < -0.3 is 11.1 Å². The van der Waals surface area contributed by atoms with Gasteiger partial charge in [-0.05, 0) is 38.4 Å². The van der Waals surface area contributed by atoms with Gasteiger partial charge in [0.15, 0.2) is 5.96 Å². The van der Waals surface area contributed by atoms with Crippen LogP contribution in [0.15, 0.2) is 29.3 Å². The zero-order valence-electron chi connectivity index (χ0n) is 13.0. The van der Waals surface area contributed by atoms with Crippen LogP contribution in [0.2, 0.25) is 0 Å². The van der Waals surface area contributed by atoms with Gasteiger partial charge in [0.1, 0.15) is 0 Å². The summed E-state index contributed by atoms with van der Waals surface area (Å²) in [5.74, 6) is 0.550. The van der Waals surface area contributed by atoms with E-state index in [2.05, 4.69) is 53.3 Å². The first-order chi connectivity index (χ1) is 9.69. The van der Waals surface area contributed by atoms with Gasteiger partial charge in [0.25, 0.3) is 0 Å². The molecule has 1 aliphatic rings. The van der Waals surface area contributed by atoms with Crippen molar-refractivity contribution in [3.63, 3.8) is 0 Å². The number of benzene rings is 1. The quantitative estimate of drug-likeness (QED) is 0.452. The lowest BCUT2D eigenvalue weighted by atomic mass is 10.1. The van der Waals surface area contributed by atoms with Crippen LogP contribution in [0.1, 0.15) is 30.9 Å². The second-order valence-electron chi connectivity index (χ2n) is 5.50. The van der Waals surface area contributed by atoms with Gasteiger partial charge in [-0.25, -0.2) is 4.99 Å². The second-order valence-corrected chi connectivity index (χ2v) is 5.50. The number of guanidine groups is 1. The van der Waals surface area contributed by atoms with Crippen molar-refractivity contribution >= 4 is 29.9 Å². The fourth-order valence-electron chi connectivity index (χ4n) is 2.81. The van der Waals surface area contributed by atoms with Gasteiger partial charge in [-0.2, -0.15) is 0 Å². The van der Waals surface area contributed by atoms with Crippen LogP contribution < -0.4 is 11.1 Å². The van der Waals surface area contributed by atoms with E-state index < -0.39 is 0 Å². The number of nitrogens with zero attached hydrogens (tertiary/aromatic N) is 2. The van der Waals surface area contributed by atoms with Gasteiger partial charge in [0, 0.05) is 12.6 Å². The van der Waals surface area contributed by atoms with Gasteiger partial charge in [-0.3, -0.25) is 4.90 Å². The Morgan fingerprint density at radius 3 is 3.00 bits per heavy atom. The van der Waals surface area contributed by atoms with Crippen LogP contribution in [0, 0.1) is 6.92 Å². The third kappa shape index (κ3) is 5.82. The van der Waals surface area contributed by atoms with Crippen LogP contribution in [-0.2, 0) is 6.54 Å². The Morgan fingerprint density at radius 2 is 2.29 bits per heavy atom. The molecule has 5 heteroatoms. The molecule has 0 aromatic heterocycles. The number of hydrogen-bond donors (Lipinski definition) is 2. The summed E-state index contributed by atoms with van der Waals surface area (Å²) in [6.45, 7) is 8.18. The lowest BCUT2D eigenvalue weighted by Gasteiger charge is -2.23. The highest BCUT2D eigenvalue weighted by atomic mass is 127. The van der Waals surface area contributed by atoms with Gasteiger partial charge in [0.05, 0.1) is 6.54 Å². The zero-order chi connectivity index (χ0) is 14.4. The van der Waals surface area contributed by atoms with Crippen molar-refractivity contribution in [1.82, 2.24) is 10.2 Å². The monoisotopic (exact) mass is 402 g/mol. The van der Waals surface area contributed by atoms with Gasteiger partial charge in [0.2, 0.25) is 0 Å². The molecular formula is C16H27IN4. The number of aliphatic imine (C=N–C) groups is 1. The van der Waals surface area contributed by atoms with Crippen molar-refractivity contribution in [2.45, 2.75) is 39.3 Å². The average molecular weight is 402 g/mol. The van der Waals surface area contributed by atoms with Crippen molar-refractivity contribution in [2.24, 2.45) is 10.7 Å². The van der Waals surface area contributed by atoms with Crippen LogP contribution in [-0.4, -0.2) is 36.5 Å². The second kappa shape index (κ2) is 9.25. The number of rotatable bonds is 5. The zero-order valence-corrected chi connectivity index (χ0v) is 15.3. The Bertz CT molecular complexity index is 461. The molecule has 1 aromatic rings. The van der Waals surface area contributed by atoms with E-state index in [1.807, 2.05) is 0 Å². The van der Waals surface area contributed by atoms with Gasteiger partial charge in [-0.1, -0.05) is 36.8 Å². The summed E-state index contributed by atoms with van der Waals surface area (Å²) in [5.41, 5.74) is 8.40. The average Bonchev–Trinajstić information content (AvgIpc) is 2.90. The maximum absolute atomic E-state index is 5.94. The Morgan fingerprint density at radius 1 is 1.48 bits per heavy atom. The van der Waals surface area contributed by atoms with Crippen molar-refractivity contribution in [1.29, 1.82) is 0 Å². The van der Waals surface area contributed by atoms with Gasteiger partial charge in [-0.15, -0.1) is 24.0 Å². The highest BCUT2D eigenvalue weighted by molar-refractivity contribution is 14.0. The first kappa shape index (κ1) is 18.2. The number of likely N-dealkylation sites (tertiary alicyclic amines) is 1. The van der Waals surface area contributed by atoms with E-state index in [4.69, 9.17) is 5.73 Å². The van der Waals surface area contributed by atoms with Crippen LogP contribution >= 0.6 is 24.0 Å². The largest absolute Gasteiger partial charge is 0.370 e. The number of hydrogen-bond acceptors (Lipinski definition) is 2. The van der Waals surface area contributed by atoms with E-state index in [0.717, 1.165) is 13.1 Å². The number of likely N-dealkylation sites (N-methyl/N-ethyl adjacent to an activating group) is 1. The number of aryl methyl sites for hydroxylation is 1. The summed E-state index contributed by atoms with van der Waals surface area (Å²) in [7, 11) is 0. The standard InChI is InChI=1S/C16H26N4.HI/c1-3-20-9-5-8-15(20)12-19-16(17)18-11-14-7-4-6-13(2)10-14;/h4,6-7,10,15H,3,5,8-9,11-12H2,1-2H3,(H3,17,18,19);1H. The van der Waals surface area contributed by atoms with E-state index in [1.54, 1.807) is 0 Å². The van der Waals surface area contributed by atoms with Crippen LogP contribution in [0.3, 0.4) is 0 Å². The summed E-state index contributed by atoms with van der Waals surface area (Å²) in [6, 6.07) is 8.98. The molecule has 1 aliphatic heterocycles. The van der Waals surface area contributed by atoms with E-state index in [0.29, 0.717) is 18.5 Å². The molecule has 0 saturated carbocycles. The summed E-state index contributed by atoms with van der Waals surface area (Å²) < 4.78 is 0. The molecule has 3 N–H and O–H groups in total. The lowest BCUT2D eigenvalue weighted by Crippen LogP contribution is -2.42. The van der Waals surface area contributed by atoms with Gasteiger partial charge >= 0.3 is 0 Å². The summed E-state index contributed by atoms with van der Waals surface area (Å²) in [4.78, 5) is 6.91. The fraction of sp³-hybridized carbons (Fsp3) is 0.562. The van der Waals surface area contributed by atoms with Crippen LogP contribution in [0.4, 0.5) is 0 Å². The van der Waals surface area contributed by atoms with E-state index >= 15 is 0 Å². The molecule has 4 nitrogen and oxygen atoms in total. The molecule has 1 aromatic carbocycles. The van der Waals surface area contributed by atoms with Crippen LogP contribution in [0.5, 0.6) is 0 Å². The minimum absolute atomic E-state index is 0. The SMILES string of the molecule is CCN1CCCC1CNC(N)=NCc1cccc(C)c1.I. The highest BCUT2D eigenvalue weighted by Crippen LogP contribution is 2.15. The molecular weight excluding hydrogens is 375 g/mol. The summed E-state index contributed by atoms with van der Waals surface area (Å²) in [6.07, 6.45) is 2.55. The minimum Gasteiger partial charge on any atom is -0.370 e. The van der Waals surface area contributed by atoms with E-state index in [-0.39, 0.29) is 24.0 Å². The van der Waals surface area contributed by atoms with E-state index in [1.165, 1.54) is 30.5 Å². The Hall–Kier alpha value is -0.820. The number of nitrogens with one attached hydrogen (secondary N) is 1. The Labute approximate surface area is 145 Å². The molecule has 2 rings (SSSR count). The molecule has 0 spiro atoms. The van der Waals surface area contributed by atoms with Crippen LogP contribution in [0.25, 0.3) is 0 Å². The molecule has 0 bridgehead atoms. The molecule has 1 saturated heterocycles.